The van der Waals surface area contributed by atoms with Crippen molar-refractivity contribution in [2.45, 2.75) is 19.8 Å². The van der Waals surface area contributed by atoms with E-state index in [0.29, 0.717) is 0 Å². The second-order valence-corrected chi connectivity index (χ2v) is 3.74. The van der Waals surface area contributed by atoms with E-state index < -0.39 is 0 Å². The molecule has 0 aromatic carbocycles. The van der Waals surface area contributed by atoms with Gasteiger partial charge in [-0.25, -0.2) is 0 Å². The quantitative estimate of drug-likeness (QED) is 0.691. The van der Waals surface area contributed by atoms with E-state index >= 15 is 0 Å². The number of hydrogen-bond donors (Lipinski definition) is 1. The Hall–Kier alpha value is -0.120. The van der Waals surface area contributed by atoms with Gasteiger partial charge in [-0.05, 0) is 39.3 Å². The van der Waals surface area contributed by atoms with Gasteiger partial charge in [0.2, 0.25) is 0 Å². The zero-order valence-corrected chi connectivity index (χ0v) is 8.88. The third-order valence-corrected chi connectivity index (χ3v) is 2.68. The number of nitrogens with one attached hydrogen (secondary N) is 1. The van der Waals surface area contributed by atoms with Gasteiger partial charge in [-0.3, -0.25) is 4.90 Å². The SMILES string of the molecule is CCOCN1CCC(CNC)CC1. The summed E-state index contributed by atoms with van der Waals surface area (Å²) in [7, 11) is 2.03. The molecule has 3 heteroatoms. The Morgan fingerprint density at radius 2 is 2.08 bits per heavy atom. The van der Waals surface area contributed by atoms with Crippen LogP contribution < -0.4 is 5.32 Å². The van der Waals surface area contributed by atoms with Crippen LogP contribution in [-0.4, -0.2) is 44.9 Å². The van der Waals surface area contributed by atoms with E-state index in [1.807, 2.05) is 14.0 Å². The van der Waals surface area contributed by atoms with E-state index in [1.54, 1.807) is 0 Å². The summed E-state index contributed by atoms with van der Waals surface area (Å²) >= 11 is 0. The summed E-state index contributed by atoms with van der Waals surface area (Å²) < 4.78 is 5.38. The first-order valence-corrected chi connectivity index (χ1v) is 5.31. The number of piperidine rings is 1. The van der Waals surface area contributed by atoms with Crippen molar-refractivity contribution in [2.24, 2.45) is 5.92 Å². The molecule has 1 heterocycles. The molecule has 0 bridgehead atoms. The molecular weight excluding hydrogens is 164 g/mol. The maximum atomic E-state index is 5.38. The number of likely N-dealkylation sites (tertiary alicyclic amines) is 1. The molecule has 78 valence electrons. The van der Waals surface area contributed by atoms with Crippen LogP contribution in [0.5, 0.6) is 0 Å². The predicted octanol–water partition coefficient (Wildman–Crippen LogP) is 0.912. The molecule has 1 fully saturated rings. The topological polar surface area (TPSA) is 24.5 Å². The third kappa shape index (κ3) is 4.07. The van der Waals surface area contributed by atoms with Crippen LogP contribution in [0.25, 0.3) is 0 Å². The zero-order valence-electron chi connectivity index (χ0n) is 8.88. The van der Waals surface area contributed by atoms with E-state index in [4.69, 9.17) is 4.74 Å². The van der Waals surface area contributed by atoms with E-state index in [-0.39, 0.29) is 0 Å². The highest BCUT2D eigenvalue weighted by Gasteiger charge is 2.17. The minimum atomic E-state index is 0.822. The molecule has 1 aliphatic heterocycles. The summed E-state index contributed by atoms with van der Waals surface area (Å²) in [5.41, 5.74) is 0. The number of hydrogen-bond acceptors (Lipinski definition) is 3. The Kier molecular flexibility index (Phi) is 5.35. The van der Waals surface area contributed by atoms with Gasteiger partial charge in [0.15, 0.2) is 0 Å². The van der Waals surface area contributed by atoms with E-state index in [0.717, 1.165) is 19.3 Å². The first kappa shape index (κ1) is 11.0. The fourth-order valence-electron chi connectivity index (χ4n) is 1.83. The van der Waals surface area contributed by atoms with Gasteiger partial charge in [-0.15, -0.1) is 0 Å². The summed E-state index contributed by atoms with van der Waals surface area (Å²) in [6.45, 7) is 7.27. The molecule has 0 aromatic heterocycles. The predicted molar refractivity (Wildman–Crippen MR) is 54.7 cm³/mol. The van der Waals surface area contributed by atoms with Gasteiger partial charge >= 0.3 is 0 Å². The van der Waals surface area contributed by atoms with E-state index in [9.17, 15) is 0 Å². The number of rotatable bonds is 5. The minimum Gasteiger partial charge on any atom is -0.366 e. The molecule has 0 saturated carbocycles. The van der Waals surface area contributed by atoms with Crippen molar-refractivity contribution < 1.29 is 4.74 Å². The summed E-state index contributed by atoms with van der Waals surface area (Å²) in [6.07, 6.45) is 2.63. The van der Waals surface area contributed by atoms with Crippen molar-refractivity contribution in [2.75, 3.05) is 40.0 Å². The van der Waals surface area contributed by atoms with Gasteiger partial charge in [0, 0.05) is 19.7 Å². The van der Waals surface area contributed by atoms with Crippen molar-refractivity contribution in [3.05, 3.63) is 0 Å². The van der Waals surface area contributed by atoms with Crippen LogP contribution in [0.15, 0.2) is 0 Å². The van der Waals surface area contributed by atoms with Gasteiger partial charge in [0.25, 0.3) is 0 Å². The molecule has 0 spiro atoms. The minimum absolute atomic E-state index is 0.822. The lowest BCUT2D eigenvalue weighted by Gasteiger charge is -2.31. The van der Waals surface area contributed by atoms with Crippen LogP contribution in [0, 0.1) is 5.92 Å². The van der Waals surface area contributed by atoms with Gasteiger partial charge in [-0.2, -0.15) is 0 Å². The average Bonchev–Trinajstić information content (AvgIpc) is 2.17. The maximum Gasteiger partial charge on any atom is 0.0990 e. The molecule has 0 aliphatic carbocycles. The van der Waals surface area contributed by atoms with Gasteiger partial charge in [0.05, 0.1) is 6.73 Å². The van der Waals surface area contributed by atoms with E-state index in [2.05, 4.69) is 10.2 Å². The largest absolute Gasteiger partial charge is 0.366 e. The standard InChI is InChI=1S/C10H22N2O/c1-3-13-9-12-6-4-10(5-7-12)8-11-2/h10-11H,3-9H2,1-2H3. The fraction of sp³-hybridized carbons (Fsp3) is 1.00. The fourth-order valence-corrected chi connectivity index (χ4v) is 1.83. The lowest BCUT2D eigenvalue weighted by atomic mass is 9.97. The second kappa shape index (κ2) is 6.35. The van der Waals surface area contributed by atoms with Crippen LogP contribution >= 0.6 is 0 Å². The van der Waals surface area contributed by atoms with E-state index in [1.165, 1.54) is 32.5 Å². The van der Waals surface area contributed by atoms with Crippen LogP contribution in [0.2, 0.25) is 0 Å². The lowest BCUT2D eigenvalue weighted by Crippen LogP contribution is -2.37. The Labute approximate surface area is 81.4 Å². The molecule has 1 N–H and O–H groups in total. The molecule has 1 aliphatic rings. The second-order valence-electron chi connectivity index (χ2n) is 3.74. The Morgan fingerprint density at radius 1 is 1.38 bits per heavy atom. The Balaban J connectivity index is 2.08. The number of ether oxygens (including phenoxy) is 1. The molecule has 0 radical (unpaired) electrons. The molecule has 1 rings (SSSR count). The van der Waals surface area contributed by atoms with Crippen LogP contribution in [0.3, 0.4) is 0 Å². The molecular formula is C10H22N2O. The van der Waals surface area contributed by atoms with Crippen LogP contribution in [-0.2, 0) is 4.74 Å². The smallest absolute Gasteiger partial charge is 0.0990 e. The van der Waals surface area contributed by atoms with Gasteiger partial charge in [-0.1, -0.05) is 0 Å². The first-order valence-electron chi connectivity index (χ1n) is 5.31. The molecule has 0 atom stereocenters. The molecule has 3 nitrogen and oxygen atoms in total. The summed E-state index contributed by atoms with van der Waals surface area (Å²) in [6, 6.07) is 0. The highest BCUT2D eigenvalue weighted by atomic mass is 16.5. The Bertz CT molecular complexity index is 122. The highest BCUT2D eigenvalue weighted by Crippen LogP contribution is 2.15. The summed E-state index contributed by atoms with van der Waals surface area (Å²) in [5, 5.41) is 3.25. The monoisotopic (exact) mass is 186 g/mol. The molecule has 1 saturated heterocycles. The normalized spacial score (nSPS) is 20.8. The first-order chi connectivity index (χ1) is 6.36. The highest BCUT2D eigenvalue weighted by molar-refractivity contribution is 4.71. The molecule has 0 amide bonds. The van der Waals surface area contributed by atoms with Crippen LogP contribution in [0.4, 0.5) is 0 Å². The van der Waals surface area contributed by atoms with Crippen molar-refractivity contribution >= 4 is 0 Å². The lowest BCUT2D eigenvalue weighted by molar-refractivity contribution is 0.0169. The average molecular weight is 186 g/mol. The van der Waals surface area contributed by atoms with Gasteiger partial charge < -0.3 is 10.1 Å². The van der Waals surface area contributed by atoms with Crippen molar-refractivity contribution in [3.8, 4) is 0 Å². The third-order valence-electron chi connectivity index (χ3n) is 2.68. The summed E-state index contributed by atoms with van der Waals surface area (Å²) in [5.74, 6) is 0.878. The molecule has 0 aromatic rings. The number of nitrogens with zero attached hydrogens (tertiary/aromatic N) is 1. The molecule has 0 unspecified atom stereocenters. The van der Waals surface area contributed by atoms with Crippen molar-refractivity contribution in [3.63, 3.8) is 0 Å². The molecule has 13 heavy (non-hydrogen) atoms. The zero-order chi connectivity index (χ0) is 9.52. The van der Waals surface area contributed by atoms with Crippen molar-refractivity contribution in [1.82, 2.24) is 10.2 Å². The maximum absolute atomic E-state index is 5.38. The summed E-state index contributed by atoms with van der Waals surface area (Å²) in [4.78, 5) is 2.40. The van der Waals surface area contributed by atoms with Crippen molar-refractivity contribution in [1.29, 1.82) is 0 Å². The van der Waals surface area contributed by atoms with Crippen LogP contribution in [0.1, 0.15) is 19.8 Å². The van der Waals surface area contributed by atoms with Gasteiger partial charge in [0.1, 0.15) is 0 Å². The Morgan fingerprint density at radius 3 is 2.62 bits per heavy atom.